The van der Waals surface area contributed by atoms with Gasteiger partial charge in [-0.05, 0) is 38.4 Å². The molecule has 6 heteroatoms. The molecule has 1 aliphatic rings. The van der Waals surface area contributed by atoms with E-state index in [1.807, 2.05) is 12.1 Å². The van der Waals surface area contributed by atoms with Gasteiger partial charge >= 0.3 is 0 Å². The van der Waals surface area contributed by atoms with Gasteiger partial charge in [-0.3, -0.25) is 4.90 Å². The van der Waals surface area contributed by atoms with E-state index in [0.29, 0.717) is 10.9 Å². The lowest BCUT2D eigenvalue weighted by atomic mass is 10.2. The van der Waals surface area contributed by atoms with Gasteiger partial charge in [0.2, 0.25) is 0 Å². The second-order valence-corrected chi connectivity index (χ2v) is 7.98. The van der Waals surface area contributed by atoms with Crippen molar-refractivity contribution in [3.05, 3.63) is 24.3 Å². The molecule has 0 saturated carbocycles. The highest BCUT2D eigenvalue weighted by atomic mass is 32.2. The van der Waals surface area contributed by atoms with E-state index in [-0.39, 0.29) is 5.75 Å². The Bertz CT molecular complexity index is 557. The van der Waals surface area contributed by atoms with Crippen LogP contribution in [-0.4, -0.2) is 70.3 Å². The standard InChI is InChI=1S/C15H25N3O2S/c1-4-21(19,20)15-7-5-13(6-8-15)16-11-14-12-17(2)9-10-18(14)3/h5-8,14,16H,4,9-12H2,1-3H3. The fourth-order valence-electron chi connectivity index (χ4n) is 2.50. The van der Waals surface area contributed by atoms with Crippen molar-refractivity contribution in [1.82, 2.24) is 9.80 Å². The average Bonchev–Trinajstić information content (AvgIpc) is 2.48. The van der Waals surface area contributed by atoms with Crippen molar-refractivity contribution in [1.29, 1.82) is 0 Å². The van der Waals surface area contributed by atoms with Crippen LogP contribution in [0.2, 0.25) is 0 Å². The Kier molecular flexibility index (Phi) is 5.24. The smallest absolute Gasteiger partial charge is 0.178 e. The summed E-state index contributed by atoms with van der Waals surface area (Å²) < 4.78 is 23.5. The summed E-state index contributed by atoms with van der Waals surface area (Å²) in [7, 11) is 1.18. The number of nitrogens with one attached hydrogen (secondary N) is 1. The Hall–Kier alpha value is -1.11. The molecule has 1 fully saturated rings. The summed E-state index contributed by atoms with van der Waals surface area (Å²) in [6.07, 6.45) is 0. The average molecular weight is 311 g/mol. The zero-order chi connectivity index (χ0) is 15.5. The molecule has 21 heavy (non-hydrogen) atoms. The molecule has 1 aromatic carbocycles. The molecule has 118 valence electrons. The van der Waals surface area contributed by atoms with Gasteiger partial charge in [-0.15, -0.1) is 0 Å². The van der Waals surface area contributed by atoms with Gasteiger partial charge in [0.15, 0.2) is 9.84 Å². The highest BCUT2D eigenvalue weighted by Gasteiger charge is 2.21. The van der Waals surface area contributed by atoms with Gasteiger partial charge in [0.05, 0.1) is 10.6 Å². The highest BCUT2D eigenvalue weighted by Crippen LogP contribution is 2.16. The number of anilines is 1. The second-order valence-electron chi connectivity index (χ2n) is 5.71. The van der Waals surface area contributed by atoms with Crippen molar-refractivity contribution in [3.63, 3.8) is 0 Å². The number of nitrogens with zero attached hydrogens (tertiary/aromatic N) is 2. The molecule has 1 saturated heterocycles. The lowest BCUT2D eigenvalue weighted by Crippen LogP contribution is -2.52. The Morgan fingerprint density at radius 1 is 1.19 bits per heavy atom. The molecule has 1 unspecified atom stereocenters. The van der Waals surface area contributed by atoms with Gasteiger partial charge in [-0.25, -0.2) is 8.42 Å². The zero-order valence-electron chi connectivity index (χ0n) is 13.0. The minimum Gasteiger partial charge on any atom is -0.383 e. The Morgan fingerprint density at radius 2 is 1.86 bits per heavy atom. The largest absolute Gasteiger partial charge is 0.383 e. The molecule has 2 rings (SSSR count). The topological polar surface area (TPSA) is 52.7 Å². The van der Waals surface area contributed by atoms with Crippen LogP contribution in [0.4, 0.5) is 5.69 Å². The van der Waals surface area contributed by atoms with Crippen molar-refractivity contribution in [2.24, 2.45) is 0 Å². The fourth-order valence-corrected chi connectivity index (χ4v) is 3.39. The van der Waals surface area contributed by atoms with Crippen LogP contribution in [-0.2, 0) is 9.84 Å². The third kappa shape index (κ3) is 4.18. The molecular formula is C15H25N3O2S. The summed E-state index contributed by atoms with van der Waals surface area (Å²) in [5, 5.41) is 3.40. The molecule has 0 spiro atoms. The van der Waals surface area contributed by atoms with Crippen molar-refractivity contribution in [2.75, 3.05) is 51.3 Å². The van der Waals surface area contributed by atoms with E-state index in [2.05, 4.69) is 29.2 Å². The van der Waals surface area contributed by atoms with Crippen LogP contribution in [0.3, 0.4) is 0 Å². The third-order valence-corrected chi connectivity index (χ3v) is 5.87. The minimum absolute atomic E-state index is 0.138. The van der Waals surface area contributed by atoms with Crippen molar-refractivity contribution in [2.45, 2.75) is 17.9 Å². The van der Waals surface area contributed by atoms with Crippen molar-refractivity contribution >= 4 is 15.5 Å². The van der Waals surface area contributed by atoms with E-state index in [9.17, 15) is 8.42 Å². The maximum atomic E-state index is 11.8. The summed E-state index contributed by atoms with van der Waals surface area (Å²) in [5.74, 6) is 0.138. The van der Waals surface area contributed by atoms with Gasteiger partial charge in [0, 0.05) is 37.9 Å². The minimum atomic E-state index is -3.11. The number of rotatable bonds is 5. The van der Waals surface area contributed by atoms with Crippen LogP contribution in [0.1, 0.15) is 6.92 Å². The first-order valence-corrected chi connectivity index (χ1v) is 9.03. The fraction of sp³-hybridized carbons (Fsp3) is 0.600. The van der Waals surface area contributed by atoms with E-state index < -0.39 is 9.84 Å². The van der Waals surface area contributed by atoms with Gasteiger partial charge in [-0.1, -0.05) is 6.92 Å². The summed E-state index contributed by atoms with van der Waals surface area (Å²) in [6.45, 7) is 5.76. The molecule has 1 heterocycles. The van der Waals surface area contributed by atoms with Crippen LogP contribution < -0.4 is 5.32 Å². The van der Waals surface area contributed by atoms with E-state index in [1.165, 1.54) is 0 Å². The molecule has 0 aliphatic carbocycles. The van der Waals surface area contributed by atoms with Gasteiger partial charge in [0.25, 0.3) is 0 Å². The van der Waals surface area contributed by atoms with Crippen LogP contribution in [0.5, 0.6) is 0 Å². The molecule has 0 aromatic heterocycles. The molecule has 1 aliphatic heterocycles. The molecule has 0 bridgehead atoms. The van der Waals surface area contributed by atoms with Crippen molar-refractivity contribution < 1.29 is 8.42 Å². The van der Waals surface area contributed by atoms with E-state index >= 15 is 0 Å². The van der Waals surface area contributed by atoms with E-state index in [1.54, 1.807) is 19.1 Å². The number of likely N-dealkylation sites (N-methyl/N-ethyl adjacent to an activating group) is 2. The summed E-state index contributed by atoms with van der Waals surface area (Å²) in [5.41, 5.74) is 0.965. The molecular weight excluding hydrogens is 286 g/mol. The van der Waals surface area contributed by atoms with Crippen LogP contribution in [0.25, 0.3) is 0 Å². The van der Waals surface area contributed by atoms with E-state index in [4.69, 9.17) is 0 Å². The maximum Gasteiger partial charge on any atom is 0.178 e. The Labute approximate surface area is 127 Å². The van der Waals surface area contributed by atoms with Gasteiger partial charge in [0.1, 0.15) is 0 Å². The lowest BCUT2D eigenvalue weighted by Gasteiger charge is -2.37. The van der Waals surface area contributed by atoms with E-state index in [0.717, 1.165) is 31.9 Å². The molecule has 1 atom stereocenters. The highest BCUT2D eigenvalue weighted by molar-refractivity contribution is 7.91. The van der Waals surface area contributed by atoms with Crippen LogP contribution >= 0.6 is 0 Å². The quantitative estimate of drug-likeness (QED) is 0.884. The number of benzene rings is 1. The predicted molar refractivity (Wildman–Crippen MR) is 86.6 cm³/mol. The van der Waals surface area contributed by atoms with Crippen molar-refractivity contribution in [3.8, 4) is 0 Å². The monoisotopic (exact) mass is 311 g/mol. The molecule has 0 amide bonds. The molecule has 0 radical (unpaired) electrons. The first-order chi connectivity index (χ1) is 9.92. The SMILES string of the molecule is CCS(=O)(=O)c1ccc(NCC2CN(C)CCN2C)cc1. The van der Waals surface area contributed by atoms with Gasteiger partial charge < -0.3 is 10.2 Å². The summed E-state index contributed by atoms with van der Waals surface area (Å²) in [6, 6.07) is 7.52. The number of piperazine rings is 1. The third-order valence-electron chi connectivity index (χ3n) is 4.12. The summed E-state index contributed by atoms with van der Waals surface area (Å²) >= 11 is 0. The number of hydrogen-bond donors (Lipinski definition) is 1. The number of hydrogen-bond acceptors (Lipinski definition) is 5. The number of sulfone groups is 1. The maximum absolute atomic E-state index is 11.8. The molecule has 1 aromatic rings. The van der Waals surface area contributed by atoms with Crippen LogP contribution in [0, 0.1) is 0 Å². The first kappa shape index (κ1) is 16.3. The molecule has 1 N–H and O–H groups in total. The molecule has 5 nitrogen and oxygen atoms in total. The normalized spacial score (nSPS) is 21.4. The van der Waals surface area contributed by atoms with Gasteiger partial charge in [-0.2, -0.15) is 0 Å². The predicted octanol–water partition coefficient (Wildman–Crippen LogP) is 1.14. The first-order valence-electron chi connectivity index (χ1n) is 7.38. The Morgan fingerprint density at radius 3 is 2.48 bits per heavy atom. The second kappa shape index (κ2) is 6.77. The Balaban J connectivity index is 1.95. The van der Waals surface area contributed by atoms with Crippen LogP contribution in [0.15, 0.2) is 29.2 Å². The zero-order valence-corrected chi connectivity index (χ0v) is 13.9. The lowest BCUT2D eigenvalue weighted by molar-refractivity contribution is 0.122. The summed E-state index contributed by atoms with van der Waals surface area (Å²) in [4.78, 5) is 5.09.